The van der Waals surface area contributed by atoms with Gasteiger partial charge in [0, 0.05) is 24.9 Å². The lowest BCUT2D eigenvalue weighted by Gasteiger charge is -2.14. The van der Waals surface area contributed by atoms with Crippen LogP contribution in [0.25, 0.3) is 0 Å². The van der Waals surface area contributed by atoms with Gasteiger partial charge in [-0.2, -0.15) is 11.8 Å². The van der Waals surface area contributed by atoms with Gasteiger partial charge >= 0.3 is 5.69 Å². The second-order valence-corrected chi connectivity index (χ2v) is 5.10. The van der Waals surface area contributed by atoms with Gasteiger partial charge in [0.25, 0.3) is 0 Å². The molecule has 0 aliphatic carbocycles. The number of pyridine rings is 1. The molecule has 0 aromatic carbocycles. The maximum absolute atomic E-state index is 10.9. The van der Waals surface area contributed by atoms with Crippen LogP contribution in [0.1, 0.15) is 13.8 Å². The van der Waals surface area contributed by atoms with Crippen molar-refractivity contribution in [3.63, 3.8) is 0 Å². The van der Waals surface area contributed by atoms with Crippen LogP contribution in [0.5, 0.6) is 0 Å². The zero-order chi connectivity index (χ0) is 13.5. The number of thioether (sulfide) groups is 1. The molecule has 0 aliphatic heterocycles. The minimum absolute atomic E-state index is 0.00217. The van der Waals surface area contributed by atoms with E-state index in [9.17, 15) is 10.1 Å². The van der Waals surface area contributed by atoms with Gasteiger partial charge in [-0.15, -0.1) is 0 Å². The van der Waals surface area contributed by atoms with Gasteiger partial charge in [-0.25, -0.2) is 4.98 Å². The summed E-state index contributed by atoms with van der Waals surface area (Å²) in [5.41, 5.74) is 0.00217. The van der Waals surface area contributed by atoms with Crippen molar-refractivity contribution in [2.45, 2.75) is 19.9 Å². The van der Waals surface area contributed by atoms with E-state index in [2.05, 4.69) is 22.5 Å². The Labute approximate surface area is 111 Å². The molecule has 7 heteroatoms. The summed E-state index contributed by atoms with van der Waals surface area (Å²) in [5, 5.41) is 16.9. The van der Waals surface area contributed by atoms with Crippen LogP contribution in [-0.2, 0) is 0 Å². The Morgan fingerprint density at radius 1 is 1.56 bits per heavy atom. The zero-order valence-electron chi connectivity index (χ0n) is 10.8. The molecule has 18 heavy (non-hydrogen) atoms. The molecule has 0 fully saturated rings. The molecule has 0 saturated carbocycles. The molecule has 0 aliphatic rings. The second kappa shape index (κ2) is 7.05. The summed E-state index contributed by atoms with van der Waals surface area (Å²) in [7, 11) is 1.73. The summed E-state index contributed by atoms with van der Waals surface area (Å²) < 4.78 is 0. The van der Waals surface area contributed by atoms with Crippen LogP contribution < -0.4 is 10.6 Å². The predicted octanol–water partition coefficient (Wildman–Crippen LogP) is 2.59. The average Bonchev–Trinajstić information content (AvgIpc) is 2.35. The summed E-state index contributed by atoms with van der Waals surface area (Å²) in [6, 6.07) is 3.18. The summed E-state index contributed by atoms with van der Waals surface area (Å²) >= 11 is 1.78. The number of aromatic nitrogens is 1. The number of hydrogen-bond donors (Lipinski definition) is 2. The van der Waals surface area contributed by atoms with E-state index in [1.165, 1.54) is 6.07 Å². The third-order valence-electron chi connectivity index (χ3n) is 2.28. The lowest BCUT2D eigenvalue weighted by Crippen LogP contribution is -2.20. The van der Waals surface area contributed by atoms with Gasteiger partial charge in [-0.1, -0.05) is 6.92 Å². The minimum Gasteiger partial charge on any atom is -0.373 e. The fraction of sp³-hybridized carbons (Fsp3) is 0.545. The smallest absolute Gasteiger partial charge is 0.311 e. The van der Waals surface area contributed by atoms with Gasteiger partial charge in [-0.05, 0) is 18.7 Å². The van der Waals surface area contributed by atoms with E-state index < -0.39 is 4.92 Å². The molecule has 1 aromatic heterocycles. The molecule has 0 bridgehead atoms. The highest BCUT2D eigenvalue weighted by molar-refractivity contribution is 7.99. The van der Waals surface area contributed by atoms with Crippen molar-refractivity contribution in [1.29, 1.82) is 0 Å². The van der Waals surface area contributed by atoms with Gasteiger partial charge in [0.2, 0.25) is 5.82 Å². The van der Waals surface area contributed by atoms with Crippen molar-refractivity contribution in [2.24, 2.45) is 0 Å². The Morgan fingerprint density at radius 3 is 2.83 bits per heavy atom. The Kier molecular flexibility index (Phi) is 5.70. The van der Waals surface area contributed by atoms with Crippen molar-refractivity contribution in [3.05, 3.63) is 22.2 Å². The maximum Gasteiger partial charge on any atom is 0.311 e. The van der Waals surface area contributed by atoms with Gasteiger partial charge in [0.05, 0.1) is 4.92 Å². The molecular formula is C11H18N4O2S. The molecular weight excluding hydrogens is 252 g/mol. The standard InChI is InChI=1S/C11H18N4O2S/c1-4-18-7-8(2)13-11-9(15(16)17)5-6-10(12-3)14-11/h5-6,8H,4,7H2,1-3H3,(H2,12,13,14). The Balaban J connectivity index is 2.86. The van der Waals surface area contributed by atoms with E-state index in [1.54, 1.807) is 24.9 Å². The zero-order valence-corrected chi connectivity index (χ0v) is 11.6. The number of nitro groups is 1. The molecule has 0 saturated heterocycles. The second-order valence-electron chi connectivity index (χ2n) is 3.78. The van der Waals surface area contributed by atoms with Crippen molar-refractivity contribution in [1.82, 2.24) is 4.98 Å². The highest BCUT2D eigenvalue weighted by Crippen LogP contribution is 2.24. The lowest BCUT2D eigenvalue weighted by molar-refractivity contribution is -0.384. The van der Waals surface area contributed by atoms with Crippen LogP contribution in [0.15, 0.2) is 12.1 Å². The van der Waals surface area contributed by atoms with E-state index in [-0.39, 0.29) is 11.7 Å². The SMILES string of the molecule is CCSCC(C)Nc1nc(NC)ccc1[N+](=O)[O-]. The Bertz CT molecular complexity index is 414. The van der Waals surface area contributed by atoms with Crippen LogP contribution in [0.3, 0.4) is 0 Å². The van der Waals surface area contributed by atoms with Crippen LogP contribution in [0.2, 0.25) is 0 Å². The van der Waals surface area contributed by atoms with Crippen molar-refractivity contribution >= 4 is 29.1 Å². The third-order valence-corrected chi connectivity index (χ3v) is 3.43. The topological polar surface area (TPSA) is 80.1 Å². The van der Waals surface area contributed by atoms with Gasteiger partial charge in [0.1, 0.15) is 5.82 Å². The molecule has 1 aromatic rings. The summed E-state index contributed by atoms with van der Waals surface area (Å²) in [4.78, 5) is 14.7. The van der Waals surface area contributed by atoms with Gasteiger partial charge in [-0.3, -0.25) is 10.1 Å². The molecule has 1 rings (SSSR count). The third kappa shape index (κ3) is 4.06. The minimum atomic E-state index is -0.422. The largest absolute Gasteiger partial charge is 0.373 e. The molecule has 0 radical (unpaired) electrons. The average molecular weight is 270 g/mol. The first-order valence-electron chi connectivity index (χ1n) is 5.76. The molecule has 2 N–H and O–H groups in total. The molecule has 1 atom stereocenters. The first-order chi connectivity index (χ1) is 8.58. The van der Waals surface area contributed by atoms with Gasteiger partial charge in [0.15, 0.2) is 0 Å². The van der Waals surface area contributed by atoms with E-state index >= 15 is 0 Å². The summed E-state index contributed by atoms with van der Waals surface area (Å²) in [6.07, 6.45) is 0. The van der Waals surface area contributed by atoms with E-state index in [1.807, 2.05) is 6.92 Å². The number of rotatable bonds is 7. The van der Waals surface area contributed by atoms with Gasteiger partial charge < -0.3 is 10.6 Å². The Morgan fingerprint density at radius 2 is 2.28 bits per heavy atom. The van der Waals surface area contributed by atoms with E-state index in [0.29, 0.717) is 11.6 Å². The number of nitrogens with zero attached hydrogens (tertiary/aromatic N) is 2. The summed E-state index contributed by atoms with van der Waals surface area (Å²) in [5.74, 6) is 2.84. The Hall–Kier alpha value is -1.50. The van der Waals surface area contributed by atoms with Crippen molar-refractivity contribution < 1.29 is 4.92 Å². The number of nitrogens with one attached hydrogen (secondary N) is 2. The molecule has 100 valence electrons. The number of anilines is 2. The van der Waals surface area contributed by atoms with E-state index in [4.69, 9.17) is 0 Å². The first-order valence-corrected chi connectivity index (χ1v) is 6.91. The normalized spacial score (nSPS) is 11.9. The lowest BCUT2D eigenvalue weighted by atomic mass is 10.3. The van der Waals surface area contributed by atoms with Crippen LogP contribution in [-0.4, -0.2) is 34.5 Å². The number of hydrogen-bond acceptors (Lipinski definition) is 6. The fourth-order valence-corrected chi connectivity index (χ4v) is 2.09. The van der Waals surface area contributed by atoms with E-state index in [0.717, 1.165) is 11.5 Å². The maximum atomic E-state index is 10.9. The molecule has 1 unspecified atom stereocenters. The van der Waals surface area contributed by atoms with Crippen molar-refractivity contribution in [2.75, 3.05) is 29.2 Å². The molecule has 0 amide bonds. The highest BCUT2D eigenvalue weighted by atomic mass is 32.2. The first kappa shape index (κ1) is 14.6. The molecule has 6 nitrogen and oxygen atoms in total. The quantitative estimate of drug-likeness (QED) is 0.585. The van der Waals surface area contributed by atoms with Crippen LogP contribution >= 0.6 is 11.8 Å². The summed E-state index contributed by atoms with van der Waals surface area (Å²) in [6.45, 7) is 4.07. The monoisotopic (exact) mass is 270 g/mol. The fourth-order valence-electron chi connectivity index (χ4n) is 1.41. The predicted molar refractivity (Wildman–Crippen MR) is 76.5 cm³/mol. The molecule has 0 spiro atoms. The van der Waals surface area contributed by atoms with Crippen molar-refractivity contribution in [3.8, 4) is 0 Å². The van der Waals surface area contributed by atoms with Crippen LogP contribution in [0.4, 0.5) is 17.3 Å². The highest BCUT2D eigenvalue weighted by Gasteiger charge is 2.17. The van der Waals surface area contributed by atoms with Crippen LogP contribution in [0, 0.1) is 10.1 Å². The molecule has 1 heterocycles.